The van der Waals surface area contributed by atoms with Gasteiger partial charge in [-0.1, -0.05) is 49.3 Å². The molecule has 0 unspecified atom stereocenters. The Morgan fingerprint density at radius 1 is 1.15 bits per heavy atom. The van der Waals surface area contributed by atoms with Crippen molar-refractivity contribution in [3.63, 3.8) is 0 Å². The van der Waals surface area contributed by atoms with Gasteiger partial charge in [-0.25, -0.2) is 0 Å². The number of carbonyl (C=O) groups is 1. The highest BCUT2D eigenvalue weighted by Gasteiger charge is 2.13. The molecule has 134 valence electrons. The number of hydrogen-bond acceptors (Lipinski definition) is 5. The van der Waals surface area contributed by atoms with Gasteiger partial charge in [0.05, 0.1) is 13.5 Å². The van der Waals surface area contributed by atoms with E-state index in [1.54, 1.807) is 31.4 Å². The summed E-state index contributed by atoms with van der Waals surface area (Å²) >= 11 is 0. The minimum absolute atomic E-state index is 0.0756. The molecule has 0 bridgehead atoms. The molecular weight excluding hydrogens is 330 g/mol. The molecule has 6 heteroatoms. The maximum Gasteiger partial charge on any atom is 0.322 e. The summed E-state index contributed by atoms with van der Waals surface area (Å²) in [7, 11) is 1.55. The number of nitrogens with one attached hydrogen (secondary N) is 1. The number of methoxy groups -OCH3 is 1. The number of aromatic nitrogens is 2. The number of nitrogens with zero attached hydrogens (tertiary/aromatic N) is 2. The van der Waals surface area contributed by atoms with E-state index in [0.29, 0.717) is 29.5 Å². The molecule has 3 aromatic rings. The summed E-state index contributed by atoms with van der Waals surface area (Å²) in [5.41, 5.74) is 2.81. The molecule has 1 aromatic heterocycles. The number of carbonyl (C=O) groups excluding carboxylic acids is 1. The summed E-state index contributed by atoms with van der Waals surface area (Å²) < 4.78 is 10.6. The number of benzene rings is 2. The molecule has 0 saturated carbocycles. The van der Waals surface area contributed by atoms with E-state index < -0.39 is 0 Å². The van der Waals surface area contributed by atoms with Crippen molar-refractivity contribution in [2.75, 3.05) is 12.4 Å². The second kappa shape index (κ2) is 7.82. The summed E-state index contributed by atoms with van der Waals surface area (Å²) in [6.07, 6.45) is 0.514. The third-order valence-corrected chi connectivity index (χ3v) is 4.02. The van der Waals surface area contributed by atoms with Crippen LogP contribution in [0.3, 0.4) is 0 Å². The Morgan fingerprint density at radius 3 is 2.62 bits per heavy atom. The van der Waals surface area contributed by atoms with E-state index in [1.807, 2.05) is 12.1 Å². The first kappa shape index (κ1) is 17.7. The minimum atomic E-state index is -0.333. The Labute approximate surface area is 152 Å². The van der Waals surface area contributed by atoms with E-state index in [4.69, 9.17) is 9.15 Å². The summed E-state index contributed by atoms with van der Waals surface area (Å²) in [6, 6.07) is 15.2. The SMILES string of the molecule is COc1cccc(C(=O)Nc2nnc(Cc3ccc(C(C)C)cc3)o2)c1. The molecule has 0 radical (unpaired) electrons. The van der Waals surface area contributed by atoms with Crippen molar-refractivity contribution in [3.05, 3.63) is 71.1 Å². The molecule has 3 rings (SSSR count). The first-order chi connectivity index (χ1) is 12.5. The van der Waals surface area contributed by atoms with Crippen molar-refractivity contribution in [3.8, 4) is 5.75 Å². The molecule has 2 aromatic carbocycles. The third kappa shape index (κ3) is 4.27. The lowest BCUT2D eigenvalue weighted by Crippen LogP contribution is -2.12. The second-order valence-electron chi connectivity index (χ2n) is 6.26. The summed E-state index contributed by atoms with van der Waals surface area (Å²) in [6.45, 7) is 4.31. The van der Waals surface area contributed by atoms with E-state index in [9.17, 15) is 4.79 Å². The molecular formula is C20H21N3O3. The fraction of sp³-hybridized carbons (Fsp3) is 0.250. The van der Waals surface area contributed by atoms with Crippen LogP contribution < -0.4 is 10.1 Å². The van der Waals surface area contributed by atoms with Crippen molar-refractivity contribution in [2.45, 2.75) is 26.2 Å². The largest absolute Gasteiger partial charge is 0.497 e. The average Bonchev–Trinajstić information content (AvgIpc) is 3.09. The van der Waals surface area contributed by atoms with Crippen molar-refractivity contribution >= 4 is 11.9 Å². The molecule has 1 amide bonds. The Morgan fingerprint density at radius 2 is 1.92 bits per heavy atom. The van der Waals surface area contributed by atoms with E-state index >= 15 is 0 Å². The number of hydrogen-bond donors (Lipinski definition) is 1. The zero-order valence-electron chi connectivity index (χ0n) is 15.0. The van der Waals surface area contributed by atoms with E-state index in [1.165, 1.54) is 5.56 Å². The molecule has 1 heterocycles. The number of anilines is 1. The summed E-state index contributed by atoms with van der Waals surface area (Å²) in [5.74, 6) is 1.21. The highest BCUT2D eigenvalue weighted by molar-refractivity contribution is 6.03. The molecule has 0 spiro atoms. The molecule has 0 atom stereocenters. The van der Waals surface area contributed by atoms with Gasteiger partial charge in [0.25, 0.3) is 5.91 Å². The van der Waals surface area contributed by atoms with E-state index in [0.717, 1.165) is 5.56 Å². The Bertz CT molecular complexity index is 885. The quantitative estimate of drug-likeness (QED) is 0.725. The van der Waals surface area contributed by atoms with Crippen LogP contribution in [-0.4, -0.2) is 23.2 Å². The van der Waals surface area contributed by atoms with Crippen LogP contribution >= 0.6 is 0 Å². The highest BCUT2D eigenvalue weighted by atomic mass is 16.5. The van der Waals surface area contributed by atoms with Crippen molar-refractivity contribution in [1.82, 2.24) is 10.2 Å². The zero-order chi connectivity index (χ0) is 18.5. The molecule has 0 aliphatic rings. The van der Waals surface area contributed by atoms with Gasteiger partial charge < -0.3 is 9.15 Å². The van der Waals surface area contributed by atoms with Gasteiger partial charge in [0.2, 0.25) is 5.89 Å². The van der Waals surface area contributed by atoms with Crippen LogP contribution in [0.1, 0.15) is 47.1 Å². The van der Waals surface area contributed by atoms with Gasteiger partial charge in [0.1, 0.15) is 5.75 Å². The lowest BCUT2D eigenvalue weighted by molar-refractivity contribution is 0.102. The van der Waals surface area contributed by atoms with Gasteiger partial charge in [-0.3, -0.25) is 10.1 Å². The van der Waals surface area contributed by atoms with Gasteiger partial charge in [0.15, 0.2) is 0 Å². The standard InChI is InChI=1S/C20H21N3O3/c1-13(2)15-9-7-14(8-10-15)11-18-22-23-20(26-18)21-19(24)16-5-4-6-17(12-16)25-3/h4-10,12-13H,11H2,1-3H3,(H,21,23,24). The van der Waals surface area contributed by atoms with Crippen LogP contribution in [0.2, 0.25) is 0 Å². The predicted octanol–water partition coefficient (Wildman–Crippen LogP) is 4.04. The van der Waals surface area contributed by atoms with Gasteiger partial charge in [-0.2, -0.15) is 0 Å². The number of rotatable bonds is 6. The van der Waals surface area contributed by atoms with Crippen LogP contribution in [0, 0.1) is 0 Å². The van der Waals surface area contributed by atoms with Crippen molar-refractivity contribution < 1.29 is 13.9 Å². The molecule has 1 N–H and O–H groups in total. The van der Waals surface area contributed by atoms with Gasteiger partial charge in [-0.15, -0.1) is 5.10 Å². The molecule has 6 nitrogen and oxygen atoms in total. The molecule has 0 aliphatic heterocycles. The molecule has 26 heavy (non-hydrogen) atoms. The van der Waals surface area contributed by atoms with E-state index in [-0.39, 0.29) is 11.9 Å². The van der Waals surface area contributed by atoms with Crippen LogP contribution in [0.5, 0.6) is 5.75 Å². The topological polar surface area (TPSA) is 77.2 Å². The minimum Gasteiger partial charge on any atom is -0.497 e. The Hall–Kier alpha value is -3.15. The van der Waals surface area contributed by atoms with Crippen LogP contribution in [0.25, 0.3) is 0 Å². The van der Waals surface area contributed by atoms with Gasteiger partial charge in [-0.05, 0) is 35.2 Å². The number of ether oxygens (including phenoxy) is 1. The van der Waals surface area contributed by atoms with Crippen molar-refractivity contribution in [2.24, 2.45) is 0 Å². The molecule has 0 saturated heterocycles. The van der Waals surface area contributed by atoms with Gasteiger partial charge >= 0.3 is 6.01 Å². The summed E-state index contributed by atoms with van der Waals surface area (Å²) in [4.78, 5) is 12.3. The van der Waals surface area contributed by atoms with Crippen LogP contribution in [-0.2, 0) is 6.42 Å². The van der Waals surface area contributed by atoms with Crippen molar-refractivity contribution in [1.29, 1.82) is 0 Å². The predicted molar refractivity (Wildman–Crippen MR) is 98.6 cm³/mol. The van der Waals surface area contributed by atoms with E-state index in [2.05, 4.69) is 41.5 Å². The molecule has 0 fully saturated rings. The lowest BCUT2D eigenvalue weighted by Gasteiger charge is -2.05. The summed E-state index contributed by atoms with van der Waals surface area (Å²) in [5, 5.41) is 10.5. The lowest BCUT2D eigenvalue weighted by atomic mass is 10.0. The smallest absolute Gasteiger partial charge is 0.322 e. The fourth-order valence-electron chi connectivity index (χ4n) is 2.50. The van der Waals surface area contributed by atoms with Crippen LogP contribution in [0.15, 0.2) is 52.9 Å². The fourth-order valence-corrected chi connectivity index (χ4v) is 2.50. The third-order valence-electron chi connectivity index (χ3n) is 4.02. The highest BCUT2D eigenvalue weighted by Crippen LogP contribution is 2.18. The van der Waals surface area contributed by atoms with Crippen LogP contribution in [0.4, 0.5) is 6.01 Å². The zero-order valence-corrected chi connectivity index (χ0v) is 15.0. The normalized spacial score (nSPS) is 10.8. The monoisotopic (exact) mass is 351 g/mol. The number of amides is 1. The Kier molecular flexibility index (Phi) is 5.31. The maximum atomic E-state index is 12.3. The maximum absolute atomic E-state index is 12.3. The second-order valence-corrected chi connectivity index (χ2v) is 6.26. The van der Waals surface area contributed by atoms with Gasteiger partial charge in [0, 0.05) is 5.56 Å². The average molecular weight is 351 g/mol. The first-order valence-electron chi connectivity index (χ1n) is 8.42. The molecule has 0 aliphatic carbocycles. The Balaban J connectivity index is 1.64. The first-order valence-corrected chi connectivity index (χ1v) is 8.42.